The Bertz CT molecular complexity index is 220. The molecule has 0 saturated heterocycles. The van der Waals surface area contributed by atoms with Gasteiger partial charge in [0.1, 0.15) is 0 Å². The second-order valence-corrected chi connectivity index (χ2v) is 4.94. The fraction of sp³-hybridized carbons (Fsp3) is 0.250. The van der Waals surface area contributed by atoms with Crippen LogP contribution in [0.3, 0.4) is 0 Å². The average Bonchev–Trinajstić information content (AvgIpc) is 1.88. The van der Waals surface area contributed by atoms with Crippen molar-refractivity contribution in [1.29, 1.82) is 0 Å². The van der Waals surface area contributed by atoms with Crippen LogP contribution in [-0.2, 0) is 0 Å². The van der Waals surface area contributed by atoms with Crippen molar-refractivity contribution in [2.24, 2.45) is 0 Å². The molecule has 0 saturated carbocycles. The number of anilines is 1. The Kier molecular flexibility index (Phi) is 2.38. The van der Waals surface area contributed by atoms with Crippen LogP contribution in [0.4, 0.5) is 5.69 Å². The van der Waals surface area contributed by atoms with E-state index in [1.807, 2.05) is 0 Å². The molecule has 1 rings (SSSR count). The number of hydrogen-bond donors (Lipinski definition) is 0. The van der Waals surface area contributed by atoms with Crippen LogP contribution in [0.2, 0.25) is 0 Å². The summed E-state index contributed by atoms with van der Waals surface area (Å²) in [5.41, 5.74) is 1.38. The molecule has 1 aromatic rings. The number of hydrogen-bond acceptors (Lipinski definition) is 1. The minimum atomic E-state index is 0.786. The van der Waals surface area contributed by atoms with Gasteiger partial charge >= 0.3 is 69.9 Å². The van der Waals surface area contributed by atoms with Crippen LogP contribution in [0.25, 0.3) is 0 Å². The first-order valence-electron chi connectivity index (χ1n) is 3.45. The Morgan fingerprint density at radius 2 is 1.80 bits per heavy atom. The molecule has 0 radical (unpaired) electrons. The van der Waals surface area contributed by atoms with Crippen LogP contribution in [0.1, 0.15) is 0 Å². The second kappa shape index (κ2) is 3.10. The van der Waals surface area contributed by atoms with Gasteiger partial charge in [-0.3, -0.25) is 0 Å². The summed E-state index contributed by atoms with van der Waals surface area (Å²) in [6.45, 7) is 0. The van der Waals surface area contributed by atoms with Crippen molar-refractivity contribution in [2.75, 3.05) is 19.0 Å². The zero-order valence-corrected chi connectivity index (χ0v) is 11.0. The van der Waals surface area contributed by atoms with Crippen LogP contribution in [0.5, 0.6) is 0 Å². The van der Waals surface area contributed by atoms with E-state index in [-0.39, 0.29) is 0 Å². The quantitative estimate of drug-likeness (QED) is 0.559. The molecule has 0 atom stereocenters. The van der Waals surface area contributed by atoms with Crippen LogP contribution in [0.15, 0.2) is 24.3 Å². The molecule has 0 aromatic heterocycles. The van der Waals surface area contributed by atoms with Gasteiger partial charge in [0.25, 0.3) is 0 Å². The second-order valence-electron chi connectivity index (χ2n) is 2.68. The fourth-order valence-corrected chi connectivity index (χ4v) is 2.76. The summed E-state index contributed by atoms with van der Waals surface area (Å²) in [4.78, 5) is 2.17. The summed E-state index contributed by atoms with van der Waals surface area (Å²) in [5.74, 6) is 0. The van der Waals surface area contributed by atoms with Gasteiger partial charge in [-0.05, 0) is 0 Å². The predicted octanol–water partition coefficient (Wildman–Crippen LogP) is -0.257. The van der Waals surface area contributed by atoms with Crippen molar-refractivity contribution in [3.63, 3.8) is 0 Å². The van der Waals surface area contributed by atoms with E-state index < -0.39 is 0 Å². The normalized spacial score (nSPS) is 9.80. The molecule has 0 fully saturated rings. The molecular weight excluding hydrogens is 183 g/mol. The van der Waals surface area contributed by atoms with Gasteiger partial charge in [0.2, 0.25) is 0 Å². The SMILES string of the molecule is CN(C)c1cccc[c]1[GeH3]. The summed E-state index contributed by atoms with van der Waals surface area (Å²) in [6, 6.07) is 8.56. The first-order chi connectivity index (χ1) is 4.72. The van der Waals surface area contributed by atoms with Crippen molar-refractivity contribution in [1.82, 2.24) is 0 Å². The molecular formula is C8H13GeN. The van der Waals surface area contributed by atoms with Crippen molar-refractivity contribution in [3.8, 4) is 0 Å². The first kappa shape index (κ1) is 7.67. The number of rotatable bonds is 1. The third kappa shape index (κ3) is 1.54. The Balaban J connectivity index is 3.03. The van der Waals surface area contributed by atoms with E-state index in [9.17, 15) is 0 Å². The van der Waals surface area contributed by atoms with Crippen LogP contribution >= 0.6 is 0 Å². The molecule has 0 N–H and O–H groups in total. The molecule has 0 amide bonds. The third-order valence-corrected chi connectivity index (χ3v) is 3.37. The molecule has 54 valence electrons. The molecule has 1 aromatic carbocycles. The topological polar surface area (TPSA) is 3.24 Å². The van der Waals surface area contributed by atoms with Gasteiger partial charge in [-0.2, -0.15) is 0 Å². The average molecular weight is 196 g/mol. The summed E-state index contributed by atoms with van der Waals surface area (Å²) < 4.78 is 1.51. The van der Waals surface area contributed by atoms with Crippen molar-refractivity contribution in [2.45, 2.75) is 0 Å². The Morgan fingerprint density at radius 1 is 1.20 bits per heavy atom. The Labute approximate surface area is 70.3 Å². The summed E-state index contributed by atoms with van der Waals surface area (Å²) in [5, 5.41) is 0. The van der Waals surface area contributed by atoms with Crippen molar-refractivity contribution >= 4 is 26.6 Å². The van der Waals surface area contributed by atoms with E-state index >= 15 is 0 Å². The van der Waals surface area contributed by atoms with E-state index in [0.717, 1.165) is 16.5 Å². The maximum absolute atomic E-state index is 2.20. The number of nitrogens with zero attached hydrogens (tertiary/aromatic N) is 1. The third-order valence-electron chi connectivity index (χ3n) is 1.60. The van der Waals surface area contributed by atoms with Gasteiger partial charge in [0.05, 0.1) is 0 Å². The van der Waals surface area contributed by atoms with E-state index in [2.05, 4.69) is 43.3 Å². The van der Waals surface area contributed by atoms with E-state index in [4.69, 9.17) is 0 Å². The van der Waals surface area contributed by atoms with Gasteiger partial charge < -0.3 is 0 Å². The molecule has 2 heteroatoms. The monoisotopic (exact) mass is 197 g/mol. The fourth-order valence-electron chi connectivity index (χ4n) is 1.07. The summed E-state index contributed by atoms with van der Waals surface area (Å²) in [7, 11) is 4.18. The molecule has 1 nitrogen and oxygen atoms in total. The molecule has 0 unspecified atom stereocenters. The van der Waals surface area contributed by atoms with Crippen molar-refractivity contribution < 1.29 is 0 Å². The van der Waals surface area contributed by atoms with Gasteiger partial charge in [-0.25, -0.2) is 0 Å². The van der Waals surface area contributed by atoms with Crippen molar-refractivity contribution in [3.05, 3.63) is 24.3 Å². The number of benzene rings is 1. The van der Waals surface area contributed by atoms with Crippen LogP contribution in [0, 0.1) is 0 Å². The zero-order valence-electron chi connectivity index (χ0n) is 6.76. The van der Waals surface area contributed by atoms with E-state index in [0.29, 0.717) is 0 Å². The van der Waals surface area contributed by atoms with E-state index in [1.165, 1.54) is 10.1 Å². The molecule has 0 bridgehead atoms. The Hall–Kier alpha value is -0.437. The number of para-hydroxylation sites is 1. The van der Waals surface area contributed by atoms with E-state index in [1.54, 1.807) is 0 Å². The Morgan fingerprint density at radius 3 is 2.20 bits per heavy atom. The van der Waals surface area contributed by atoms with Gasteiger partial charge in [-0.15, -0.1) is 0 Å². The molecule has 10 heavy (non-hydrogen) atoms. The first-order valence-corrected chi connectivity index (χ1v) is 5.54. The molecule has 0 heterocycles. The maximum atomic E-state index is 2.20. The van der Waals surface area contributed by atoms with Crippen LogP contribution < -0.4 is 9.30 Å². The molecule has 0 aliphatic carbocycles. The minimum absolute atomic E-state index is 0.786. The van der Waals surface area contributed by atoms with Gasteiger partial charge in [0.15, 0.2) is 0 Å². The summed E-state index contributed by atoms with van der Waals surface area (Å²) >= 11 is 0.786. The molecule has 0 aliphatic rings. The predicted molar refractivity (Wildman–Crippen MR) is 50.3 cm³/mol. The van der Waals surface area contributed by atoms with Gasteiger partial charge in [0, 0.05) is 0 Å². The standard InChI is InChI=1S/C8H13GeN/c1-10(2)8-6-4-3-5-7(8)9/h3-6H,1-2,9H3. The zero-order chi connectivity index (χ0) is 7.56. The summed E-state index contributed by atoms with van der Waals surface area (Å²) in [6.07, 6.45) is 0. The van der Waals surface area contributed by atoms with Gasteiger partial charge in [-0.1, -0.05) is 0 Å². The van der Waals surface area contributed by atoms with Crippen LogP contribution in [-0.4, -0.2) is 30.6 Å². The molecule has 0 spiro atoms. The molecule has 0 aliphatic heterocycles.